The fourth-order valence-electron chi connectivity index (χ4n) is 1.48. The molecular formula is C12H11N3O3S. The largest absolute Gasteiger partial charge is 0.478 e. The lowest BCUT2D eigenvalue weighted by Crippen LogP contribution is -2.13. The standard InChI is InChI=1S/C12H11N3O3S/c1-6-2-3-7(4-8(6)12(17)18)19-11-9(13)10(16)14-5-15-11/h2-5H,13H2,1H3,(H,17,18)(H,14,15,16). The van der Waals surface area contributed by atoms with Gasteiger partial charge in [0.15, 0.2) is 0 Å². The van der Waals surface area contributed by atoms with Gasteiger partial charge in [0.2, 0.25) is 0 Å². The number of benzene rings is 1. The second-order valence-electron chi connectivity index (χ2n) is 3.83. The number of rotatable bonds is 3. The van der Waals surface area contributed by atoms with E-state index in [0.717, 1.165) is 11.8 Å². The Hall–Kier alpha value is -2.28. The second-order valence-corrected chi connectivity index (χ2v) is 4.90. The van der Waals surface area contributed by atoms with Gasteiger partial charge in [-0.25, -0.2) is 9.78 Å². The van der Waals surface area contributed by atoms with E-state index in [2.05, 4.69) is 9.97 Å². The Labute approximate surface area is 112 Å². The average Bonchev–Trinajstić information content (AvgIpc) is 2.37. The lowest BCUT2D eigenvalue weighted by Gasteiger charge is -2.06. The van der Waals surface area contributed by atoms with E-state index in [1.54, 1.807) is 19.1 Å². The highest BCUT2D eigenvalue weighted by Crippen LogP contribution is 2.29. The molecule has 0 atom stereocenters. The maximum atomic E-state index is 11.3. The van der Waals surface area contributed by atoms with E-state index in [4.69, 9.17) is 10.8 Å². The monoisotopic (exact) mass is 277 g/mol. The third-order valence-electron chi connectivity index (χ3n) is 2.51. The van der Waals surface area contributed by atoms with Gasteiger partial charge in [-0.2, -0.15) is 0 Å². The van der Waals surface area contributed by atoms with Crippen molar-refractivity contribution >= 4 is 23.4 Å². The third-order valence-corrected chi connectivity index (χ3v) is 3.51. The van der Waals surface area contributed by atoms with E-state index >= 15 is 0 Å². The van der Waals surface area contributed by atoms with Crippen LogP contribution < -0.4 is 11.3 Å². The number of hydrogen-bond acceptors (Lipinski definition) is 5. The van der Waals surface area contributed by atoms with Gasteiger partial charge in [-0.05, 0) is 24.6 Å². The summed E-state index contributed by atoms with van der Waals surface area (Å²) in [5.74, 6) is -0.994. The van der Waals surface area contributed by atoms with Crippen LogP contribution in [0.4, 0.5) is 5.69 Å². The number of nitrogens with zero attached hydrogens (tertiary/aromatic N) is 1. The van der Waals surface area contributed by atoms with Crippen LogP contribution in [0.2, 0.25) is 0 Å². The van der Waals surface area contributed by atoms with Crippen LogP contribution >= 0.6 is 11.8 Å². The molecule has 0 bridgehead atoms. The molecule has 7 heteroatoms. The molecule has 0 aliphatic carbocycles. The van der Waals surface area contributed by atoms with Crippen LogP contribution in [0.3, 0.4) is 0 Å². The maximum absolute atomic E-state index is 11.3. The molecular weight excluding hydrogens is 266 g/mol. The predicted molar refractivity (Wildman–Crippen MR) is 71.5 cm³/mol. The molecule has 0 fully saturated rings. The number of anilines is 1. The van der Waals surface area contributed by atoms with Crippen molar-refractivity contribution in [2.24, 2.45) is 0 Å². The van der Waals surface area contributed by atoms with Gasteiger partial charge in [0.05, 0.1) is 11.9 Å². The van der Waals surface area contributed by atoms with Crippen LogP contribution in [0.5, 0.6) is 0 Å². The highest BCUT2D eigenvalue weighted by atomic mass is 32.2. The number of hydrogen-bond donors (Lipinski definition) is 3. The number of nitrogens with two attached hydrogens (primary N) is 1. The van der Waals surface area contributed by atoms with E-state index in [1.807, 2.05) is 0 Å². The van der Waals surface area contributed by atoms with Gasteiger partial charge in [0, 0.05) is 4.90 Å². The summed E-state index contributed by atoms with van der Waals surface area (Å²) in [5, 5.41) is 9.40. The van der Waals surface area contributed by atoms with E-state index in [-0.39, 0.29) is 11.3 Å². The van der Waals surface area contributed by atoms with Gasteiger partial charge in [-0.15, -0.1) is 0 Å². The highest BCUT2D eigenvalue weighted by molar-refractivity contribution is 7.99. The van der Waals surface area contributed by atoms with Crippen molar-refractivity contribution in [3.05, 3.63) is 46.0 Å². The fourth-order valence-corrected chi connectivity index (χ4v) is 2.33. The molecule has 1 heterocycles. The predicted octanol–water partition coefficient (Wildman–Crippen LogP) is 1.51. The molecule has 2 rings (SSSR count). The Bertz CT molecular complexity index is 697. The van der Waals surface area contributed by atoms with Crippen molar-refractivity contribution in [3.8, 4) is 0 Å². The van der Waals surface area contributed by atoms with Crippen molar-refractivity contribution in [1.82, 2.24) is 9.97 Å². The van der Waals surface area contributed by atoms with Crippen molar-refractivity contribution in [1.29, 1.82) is 0 Å². The number of nitrogen functional groups attached to an aromatic ring is 1. The van der Waals surface area contributed by atoms with Crippen molar-refractivity contribution in [2.45, 2.75) is 16.8 Å². The molecule has 4 N–H and O–H groups in total. The summed E-state index contributed by atoms with van der Waals surface area (Å²) in [6.07, 6.45) is 1.26. The lowest BCUT2D eigenvalue weighted by atomic mass is 10.1. The molecule has 0 radical (unpaired) electrons. The third kappa shape index (κ3) is 2.76. The Balaban J connectivity index is 2.39. The number of aromatic amines is 1. The summed E-state index contributed by atoms with van der Waals surface area (Å²) in [6, 6.07) is 4.99. The molecule has 0 aliphatic rings. The molecule has 6 nitrogen and oxygen atoms in total. The minimum Gasteiger partial charge on any atom is -0.478 e. The summed E-state index contributed by atoms with van der Waals surface area (Å²) in [6.45, 7) is 1.72. The van der Waals surface area contributed by atoms with Gasteiger partial charge < -0.3 is 15.8 Å². The molecule has 0 saturated carbocycles. The number of carboxylic acids is 1. The molecule has 2 aromatic rings. The Morgan fingerprint density at radius 1 is 1.47 bits per heavy atom. The quantitative estimate of drug-likeness (QED) is 0.734. The number of aromatic carboxylic acids is 1. The van der Waals surface area contributed by atoms with Crippen molar-refractivity contribution in [3.63, 3.8) is 0 Å². The normalized spacial score (nSPS) is 10.4. The molecule has 19 heavy (non-hydrogen) atoms. The van der Waals surface area contributed by atoms with Crippen LogP contribution in [-0.2, 0) is 0 Å². The Morgan fingerprint density at radius 2 is 2.21 bits per heavy atom. The summed E-state index contributed by atoms with van der Waals surface area (Å²) < 4.78 is 0. The van der Waals surface area contributed by atoms with Gasteiger partial charge in [-0.3, -0.25) is 4.79 Å². The number of carbonyl (C=O) groups is 1. The minimum atomic E-state index is -0.994. The van der Waals surface area contributed by atoms with E-state index < -0.39 is 11.5 Å². The second kappa shape index (κ2) is 5.15. The lowest BCUT2D eigenvalue weighted by molar-refractivity contribution is 0.0696. The average molecular weight is 277 g/mol. The van der Waals surface area contributed by atoms with E-state index in [0.29, 0.717) is 15.5 Å². The van der Waals surface area contributed by atoms with Gasteiger partial charge in [0.1, 0.15) is 10.7 Å². The topological polar surface area (TPSA) is 109 Å². The van der Waals surface area contributed by atoms with Crippen LogP contribution in [0.15, 0.2) is 39.2 Å². The number of carboxylic acid groups (broad SMARTS) is 1. The molecule has 0 saturated heterocycles. The molecule has 1 aromatic heterocycles. The van der Waals surface area contributed by atoms with Crippen molar-refractivity contribution < 1.29 is 9.90 Å². The van der Waals surface area contributed by atoms with Crippen LogP contribution in [0.25, 0.3) is 0 Å². The molecule has 0 amide bonds. The zero-order chi connectivity index (χ0) is 14.0. The highest BCUT2D eigenvalue weighted by Gasteiger charge is 2.11. The molecule has 0 aliphatic heterocycles. The Morgan fingerprint density at radius 3 is 2.89 bits per heavy atom. The number of nitrogens with one attached hydrogen (secondary N) is 1. The molecule has 98 valence electrons. The van der Waals surface area contributed by atoms with E-state index in [9.17, 15) is 9.59 Å². The van der Waals surface area contributed by atoms with E-state index in [1.165, 1.54) is 12.4 Å². The Kier molecular flexibility index (Phi) is 3.57. The summed E-state index contributed by atoms with van der Waals surface area (Å²) in [4.78, 5) is 29.4. The fraction of sp³-hybridized carbons (Fsp3) is 0.0833. The molecule has 1 aromatic carbocycles. The smallest absolute Gasteiger partial charge is 0.335 e. The van der Waals surface area contributed by atoms with Crippen LogP contribution in [-0.4, -0.2) is 21.0 Å². The summed E-state index contributed by atoms with van der Waals surface area (Å²) >= 11 is 1.15. The summed E-state index contributed by atoms with van der Waals surface area (Å²) in [7, 11) is 0. The zero-order valence-electron chi connectivity index (χ0n) is 10.0. The van der Waals surface area contributed by atoms with Crippen LogP contribution in [0.1, 0.15) is 15.9 Å². The first-order valence-corrected chi connectivity index (χ1v) is 6.15. The molecule has 0 unspecified atom stereocenters. The minimum absolute atomic E-state index is 0.0185. The van der Waals surface area contributed by atoms with Crippen molar-refractivity contribution in [2.75, 3.05) is 5.73 Å². The number of H-pyrrole nitrogens is 1. The zero-order valence-corrected chi connectivity index (χ0v) is 10.8. The van der Waals surface area contributed by atoms with Gasteiger partial charge in [0.25, 0.3) is 5.56 Å². The first kappa shape index (κ1) is 13.2. The van der Waals surface area contributed by atoms with Gasteiger partial charge >= 0.3 is 5.97 Å². The maximum Gasteiger partial charge on any atom is 0.335 e. The first-order chi connectivity index (χ1) is 8.99. The number of aromatic nitrogens is 2. The number of aryl methyl sites for hydroxylation is 1. The summed E-state index contributed by atoms with van der Waals surface area (Å²) in [5.41, 5.74) is 6.11. The molecule has 0 spiro atoms. The van der Waals surface area contributed by atoms with Gasteiger partial charge in [-0.1, -0.05) is 17.8 Å². The first-order valence-electron chi connectivity index (χ1n) is 5.34. The van der Waals surface area contributed by atoms with Crippen LogP contribution in [0, 0.1) is 6.92 Å². The SMILES string of the molecule is Cc1ccc(Sc2nc[nH]c(=O)c2N)cc1C(=O)O.